The lowest BCUT2D eigenvalue weighted by molar-refractivity contribution is 0.385. The van der Waals surface area contributed by atoms with Gasteiger partial charge in [-0.25, -0.2) is 4.79 Å². The maximum atomic E-state index is 11.7. The maximum Gasteiger partial charge on any atom is 0.330 e. The van der Waals surface area contributed by atoms with Crippen molar-refractivity contribution in [3.63, 3.8) is 0 Å². The molecule has 0 saturated carbocycles. The molecule has 0 aliphatic heterocycles. The first-order valence-electron chi connectivity index (χ1n) is 5.75. The van der Waals surface area contributed by atoms with Crippen molar-refractivity contribution in [1.82, 2.24) is 24.6 Å². The van der Waals surface area contributed by atoms with Crippen LogP contribution < -0.4 is 16.6 Å². The van der Waals surface area contributed by atoms with Crippen LogP contribution in [0.5, 0.6) is 0 Å². The molecule has 2 rings (SSSR count). The number of aromatic nitrogens is 4. The van der Waals surface area contributed by atoms with E-state index < -0.39 is 0 Å². The molecule has 1 N–H and O–H groups in total. The largest absolute Gasteiger partial charge is 0.340 e. The van der Waals surface area contributed by atoms with Gasteiger partial charge in [0.2, 0.25) is 5.89 Å². The number of rotatable bonds is 4. The molecule has 0 amide bonds. The third-order valence-corrected chi connectivity index (χ3v) is 2.78. The topological polar surface area (TPSA) is 95.0 Å². The summed E-state index contributed by atoms with van der Waals surface area (Å²) < 4.78 is 7.32. The van der Waals surface area contributed by atoms with Crippen LogP contribution in [-0.2, 0) is 27.2 Å². The summed E-state index contributed by atoms with van der Waals surface area (Å²) in [6.45, 7) is 2.48. The van der Waals surface area contributed by atoms with E-state index in [-0.39, 0.29) is 11.2 Å². The molecule has 0 aromatic carbocycles. The zero-order valence-corrected chi connectivity index (χ0v) is 11.0. The molecule has 19 heavy (non-hydrogen) atoms. The molecule has 8 nitrogen and oxygen atoms in total. The van der Waals surface area contributed by atoms with Gasteiger partial charge in [0.1, 0.15) is 0 Å². The predicted octanol–water partition coefficient (Wildman–Crippen LogP) is -0.935. The summed E-state index contributed by atoms with van der Waals surface area (Å²) in [5.41, 5.74) is -0.0664. The van der Waals surface area contributed by atoms with Crippen molar-refractivity contribution in [1.29, 1.82) is 0 Å². The number of hydrogen-bond donors (Lipinski definition) is 1. The third kappa shape index (κ3) is 2.79. The Hall–Kier alpha value is -2.22. The summed E-state index contributed by atoms with van der Waals surface area (Å²) in [5, 5.41) is 6.79. The molecule has 0 spiro atoms. The van der Waals surface area contributed by atoms with E-state index in [0.717, 1.165) is 4.57 Å². The van der Waals surface area contributed by atoms with Gasteiger partial charge in [0.25, 0.3) is 5.56 Å². The van der Waals surface area contributed by atoms with Crippen LogP contribution in [0.15, 0.2) is 20.2 Å². The smallest absolute Gasteiger partial charge is 0.330 e. The van der Waals surface area contributed by atoms with Crippen LogP contribution in [-0.4, -0.2) is 19.3 Å². The summed E-state index contributed by atoms with van der Waals surface area (Å²) in [6, 6.07) is 1.43. The predicted molar refractivity (Wildman–Crippen MR) is 66.5 cm³/mol. The molecule has 2 aromatic heterocycles. The van der Waals surface area contributed by atoms with Crippen LogP contribution in [0.1, 0.15) is 17.4 Å². The number of aryl methyl sites for hydroxylation is 1. The molecule has 0 aliphatic carbocycles. The minimum atomic E-state index is -0.347. The maximum absolute atomic E-state index is 11.7. The Labute approximate surface area is 108 Å². The van der Waals surface area contributed by atoms with E-state index in [1.807, 2.05) is 0 Å². The first-order chi connectivity index (χ1) is 8.99. The van der Waals surface area contributed by atoms with Crippen LogP contribution >= 0.6 is 0 Å². The van der Waals surface area contributed by atoms with Gasteiger partial charge in [-0.15, -0.1) is 0 Å². The van der Waals surface area contributed by atoms with Crippen molar-refractivity contribution in [3.05, 3.63) is 44.3 Å². The molecule has 2 heterocycles. The normalized spacial score (nSPS) is 10.9. The molecule has 8 heteroatoms. The molecule has 2 aromatic rings. The zero-order chi connectivity index (χ0) is 14.0. The standard InChI is InChI=1S/C11H15N5O3/c1-7-13-9(14-19-7)6-12-5-8-4-10(17)16(3)11(18)15(8)2/h4,12H,5-6H2,1-3H3. The van der Waals surface area contributed by atoms with Crippen molar-refractivity contribution in [2.24, 2.45) is 14.1 Å². The van der Waals surface area contributed by atoms with E-state index in [4.69, 9.17) is 4.52 Å². The molecular weight excluding hydrogens is 250 g/mol. The average molecular weight is 265 g/mol. The second-order valence-electron chi connectivity index (χ2n) is 4.21. The number of nitrogens with zero attached hydrogens (tertiary/aromatic N) is 4. The molecular formula is C11H15N5O3. The Bertz CT molecular complexity index is 697. The van der Waals surface area contributed by atoms with Crippen LogP contribution in [0.3, 0.4) is 0 Å². The zero-order valence-electron chi connectivity index (χ0n) is 11.0. The van der Waals surface area contributed by atoms with Gasteiger partial charge in [-0.2, -0.15) is 4.98 Å². The fraction of sp³-hybridized carbons (Fsp3) is 0.455. The van der Waals surface area contributed by atoms with E-state index in [2.05, 4.69) is 15.5 Å². The van der Waals surface area contributed by atoms with E-state index >= 15 is 0 Å². The van der Waals surface area contributed by atoms with Gasteiger partial charge in [-0.1, -0.05) is 5.16 Å². The Morgan fingerprint density at radius 3 is 2.63 bits per heavy atom. The molecule has 0 fully saturated rings. The van der Waals surface area contributed by atoms with Gasteiger partial charge in [-0.3, -0.25) is 13.9 Å². The van der Waals surface area contributed by atoms with E-state index in [0.29, 0.717) is 30.5 Å². The van der Waals surface area contributed by atoms with Gasteiger partial charge < -0.3 is 9.84 Å². The van der Waals surface area contributed by atoms with Crippen molar-refractivity contribution in [2.45, 2.75) is 20.0 Å². The summed E-state index contributed by atoms with van der Waals surface area (Å²) in [6.07, 6.45) is 0. The molecule has 0 atom stereocenters. The second kappa shape index (κ2) is 5.19. The molecule has 0 saturated heterocycles. The molecule has 0 bridgehead atoms. The van der Waals surface area contributed by atoms with Crippen molar-refractivity contribution in [3.8, 4) is 0 Å². The van der Waals surface area contributed by atoms with Gasteiger partial charge in [0.15, 0.2) is 5.82 Å². The van der Waals surface area contributed by atoms with Crippen molar-refractivity contribution >= 4 is 0 Å². The van der Waals surface area contributed by atoms with Crippen molar-refractivity contribution < 1.29 is 4.52 Å². The Morgan fingerprint density at radius 1 is 1.26 bits per heavy atom. The first-order valence-corrected chi connectivity index (χ1v) is 5.75. The summed E-state index contributed by atoms with van der Waals surface area (Å²) in [7, 11) is 3.07. The molecule has 0 radical (unpaired) electrons. The Balaban J connectivity index is 2.08. The molecule has 102 valence electrons. The Kier molecular flexibility index (Phi) is 3.61. The average Bonchev–Trinajstić information content (AvgIpc) is 2.79. The summed E-state index contributed by atoms with van der Waals surface area (Å²) in [5.74, 6) is 1.03. The quantitative estimate of drug-likeness (QED) is 0.767. The summed E-state index contributed by atoms with van der Waals surface area (Å²) in [4.78, 5) is 27.3. The fourth-order valence-corrected chi connectivity index (χ4v) is 1.66. The van der Waals surface area contributed by atoms with Crippen molar-refractivity contribution in [2.75, 3.05) is 0 Å². The third-order valence-electron chi connectivity index (χ3n) is 2.78. The highest BCUT2D eigenvalue weighted by Gasteiger charge is 2.06. The van der Waals surface area contributed by atoms with Gasteiger partial charge in [-0.05, 0) is 0 Å². The second-order valence-corrected chi connectivity index (χ2v) is 4.21. The monoisotopic (exact) mass is 265 g/mol. The minimum absolute atomic E-state index is 0.324. The molecule has 0 aliphatic rings. The SMILES string of the molecule is Cc1nc(CNCc2cc(=O)n(C)c(=O)n2C)no1. The van der Waals surface area contributed by atoms with Crippen LogP contribution in [0, 0.1) is 6.92 Å². The fourth-order valence-electron chi connectivity index (χ4n) is 1.66. The minimum Gasteiger partial charge on any atom is -0.340 e. The lowest BCUT2D eigenvalue weighted by Gasteiger charge is -2.09. The van der Waals surface area contributed by atoms with E-state index in [9.17, 15) is 9.59 Å². The highest BCUT2D eigenvalue weighted by atomic mass is 16.5. The highest BCUT2D eigenvalue weighted by molar-refractivity contribution is 5.02. The van der Waals surface area contributed by atoms with E-state index in [1.54, 1.807) is 14.0 Å². The first kappa shape index (κ1) is 13.2. The van der Waals surface area contributed by atoms with Crippen LogP contribution in [0.2, 0.25) is 0 Å². The molecule has 0 unspecified atom stereocenters. The highest BCUT2D eigenvalue weighted by Crippen LogP contribution is 1.95. The number of hydrogen-bond acceptors (Lipinski definition) is 6. The lowest BCUT2D eigenvalue weighted by Crippen LogP contribution is -2.39. The van der Waals surface area contributed by atoms with Gasteiger partial charge in [0, 0.05) is 39.3 Å². The van der Waals surface area contributed by atoms with Gasteiger partial charge in [0.05, 0.1) is 6.54 Å². The number of nitrogens with one attached hydrogen (secondary N) is 1. The summed E-state index contributed by atoms with van der Waals surface area (Å²) >= 11 is 0. The van der Waals surface area contributed by atoms with Crippen LogP contribution in [0.25, 0.3) is 0 Å². The van der Waals surface area contributed by atoms with Gasteiger partial charge >= 0.3 is 5.69 Å². The van der Waals surface area contributed by atoms with E-state index in [1.165, 1.54) is 17.7 Å². The Morgan fingerprint density at radius 2 is 2.00 bits per heavy atom. The van der Waals surface area contributed by atoms with Crippen LogP contribution in [0.4, 0.5) is 0 Å². The lowest BCUT2D eigenvalue weighted by atomic mass is 10.3.